The molecule has 7 rings (SSSR count). The van der Waals surface area contributed by atoms with Gasteiger partial charge < -0.3 is 14.2 Å². The van der Waals surface area contributed by atoms with Crippen molar-refractivity contribution in [3.8, 4) is 0 Å². The number of nitrogens with zero attached hydrogens (tertiary/aromatic N) is 1. The number of hydrogen-bond donors (Lipinski definition) is 1. The Hall–Kier alpha value is -5.11. The lowest BCUT2D eigenvalue weighted by Gasteiger charge is -2.41. The molecule has 2 aliphatic heterocycles. The van der Waals surface area contributed by atoms with Gasteiger partial charge in [0, 0.05) is 11.1 Å². The van der Waals surface area contributed by atoms with Crippen LogP contribution in [0.4, 0.5) is 4.39 Å². The van der Waals surface area contributed by atoms with Gasteiger partial charge in [0.15, 0.2) is 6.29 Å². The number of amidine groups is 1. The fourth-order valence-electron chi connectivity index (χ4n) is 6.36. The average Bonchev–Trinajstić information content (AvgIpc) is 3.47. The summed E-state index contributed by atoms with van der Waals surface area (Å²) in [5.74, 6) is -1.35. The minimum Gasteiger partial charge on any atom is -0.464 e. The summed E-state index contributed by atoms with van der Waals surface area (Å²) in [6.07, 6.45) is -0.861. The standard InChI is InChI=1S/C38H31FN2O4/c39-33-24-14-13-23-31(33)37-26-44-35(32(37)25-43-36(41-37)40-34(42)27-15-5-1-6-16-27)45-38(28-17-7-2-8-18-28,29-19-9-3-10-20-29)30-21-11-4-12-22-30/h1-24,32,35H,25-26H2,(H,40,41,42)/t32-,35+,37-/m1/s1. The normalized spacial score (nSPS) is 20.9. The van der Waals surface area contributed by atoms with Crippen molar-refractivity contribution in [1.82, 2.24) is 5.32 Å². The molecule has 1 saturated heterocycles. The minimum atomic E-state index is -1.22. The number of nitrogens with one attached hydrogen (secondary N) is 1. The molecule has 7 heteroatoms. The molecule has 0 saturated carbocycles. The third kappa shape index (κ3) is 5.20. The van der Waals surface area contributed by atoms with E-state index in [0.29, 0.717) is 11.1 Å². The molecule has 2 heterocycles. The summed E-state index contributed by atoms with van der Waals surface area (Å²) >= 11 is 0. The molecule has 1 amide bonds. The summed E-state index contributed by atoms with van der Waals surface area (Å²) in [7, 11) is 0. The molecule has 5 aromatic rings. The SMILES string of the molecule is O=C(NC1=N[C@@]2(c3ccccc3F)CO[C@@H](OC(c3ccccc3)(c3ccccc3)c3ccccc3)[C@H]2CO1)c1ccccc1. The molecule has 6 nitrogen and oxygen atoms in total. The number of carbonyl (C=O) groups is 1. The van der Waals surface area contributed by atoms with E-state index in [9.17, 15) is 4.79 Å². The Morgan fingerprint density at radius 1 is 0.756 bits per heavy atom. The molecule has 5 aromatic carbocycles. The van der Waals surface area contributed by atoms with Gasteiger partial charge in [-0.15, -0.1) is 0 Å². The maximum Gasteiger partial charge on any atom is 0.292 e. The maximum absolute atomic E-state index is 15.6. The van der Waals surface area contributed by atoms with Crippen LogP contribution >= 0.6 is 0 Å². The average molecular weight is 599 g/mol. The fourth-order valence-corrected chi connectivity index (χ4v) is 6.36. The zero-order chi connectivity index (χ0) is 30.7. The summed E-state index contributed by atoms with van der Waals surface area (Å²) in [6.45, 7) is 0.0904. The van der Waals surface area contributed by atoms with Gasteiger partial charge in [-0.2, -0.15) is 0 Å². The van der Waals surface area contributed by atoms with Crippen molar-refractivity contribution in [2.75, 3.05) is 13.2 Å². The predicted octanol–water partition coefficient (Wildman–Crippen LogP) is 6.82. The Kier molecular flexibility index (Phi) is 7.71. The van der Waals surface area contributed by atoms with Crippen molar-refractivity contribution in [1.29, 1.82) is 0 Å². The highest BCUT2D eigenvalue weighted by Crippen LogP contribution is 2.50. The molecule has 0 unspecified atom stereocenters. The first kappa shape index (κ1) is 28.6. The van der Waals surface area contributed by atoms with Gasteiger partial charge in [-0.05, 0) is 34.9 Å². The van der Waals surface area contributed by atoms with E-state index in [1.165, 1.54) is 6.07 Å². The monoisotopic (exact) mass is 598 g/mol. The van der Waals surface area contributed by atoms with E-state index in [1.807, 2.05) is 97.1 Å². The van der Waals surface area contributed by atoms with Crippen LogP contribution < -0.4 is 5.32 Å². The van der Waals surface area contributed by atoms with Gasteiger partial charge in [-0.1, -0.05) is 127 Å². The molecule has 2 aliphatic rings. The second kappa shape index (κ2) is 12.1. The first-order valence-corrected chi connectivity index (χ1v) is 14.9. The van der Waals surface area contributed by atoms with Crippen molar-refractivity contribution in [3.05, 3.63) is 179 Å². The van der Waals surface area contributed by atoms with Crippen LogP contribution in [0.1, 0.15) is 32.6 Å². The number of ether oxygens (including phenoxy) is 3. The highest BCUT2D eigenvalue weighted by Gasteiger charge is 2.58. The molecule has 1 fully saturated rings. The van der Waals surface area contributed by atoms with Gasteiger partial charge in [0.05, 0.1) is 12.5 Å². The Balaban J connectivity index is 1.33. The Morgan fingerprint density at radius 3 is 1.82 bits per heavy atom. The van der Waals surface area contributed by atoms with Crippen LogP contribution in [0, 0.1) is 11.7 Å². The number of aliphatic imine (C=N–C) groups is 1. The molecule has 224 valence electrons. The topological polar surface area (TPSA) is 69.2 Å². The van der Waals surface area contributed by atoms with Gasteiger partial charge >= 0.3 is 0 Å². The largest absolute Gasteiger partial charge is 0.464 e. The van der Waals surface area contributed by atoms with Crippen LogP contribution in [0.25, 0.3) is 0 Å². The quantitative estimate of drug-likeness (QED) is 0.209. The Bertz CT molecular complexity index is 1700. The van der Waals surface area contributed by atoms with Crippen LogP contribution in [0.5, 0.6) is 0 Å². The number of carbonyl (C=O) groups excluding carboxylic acids is 1. The number of hydrogen-bond acceptors (Lipinski definition) is 5. The van der Waals surface area contributed by atoms with E-state index < -0.39 is 29.2 Å². The van der Waals surface area contributed by atoms with Gasteiger partial charge in [0.25, 0.3) is 11.9 Å². The summed E-state index contributed by atoms with van der Waals surface area (Å²) < 4.78 is 35.4. The van der Waals surface area contributed by atoms with Crippen molar-refractivity contribution < 1.29 is 23.4 Å². The number of amides is 1. The summed E-state index contributed by atoms with van der Waals surface area (Å²) in [6, 6.07) is 45.3. The second-order valence-corrected chi connectivity index (χ2v) is 11.1. The summed E-state index contributed by atoms with van der Waals surface area (Å²) in [4.78, 5) is 17.9. The Labute approximate surface area is 261 Å². The van der Waals surface area contributed by atoms with E-state index in [2.05, 4.69) is 5.32 Å². The number of fused-ring (bicyclic) bond motifs is 1. The lowest BCUT2D eigenvalue weighted by atomic mass is 9.78. The molecule has 1 N–H and O–H groups in total. The molecule has 0 spiro atoms. The molecule has 3 atom stereocenters. The first-order chi connectivity index (χ1) is 22.1. The van der Waals surface area contributed by atoms with Gasteiger partial charge in [-0.25, -0.2) is 9.38 Å². The van der Waals surface area contributed by atoms with Gasteiger partial charge in [0.2, 0.25) is 0 Å². The third-order valence-electron chi connectivity index (χ3n) is 8.54. The van der Waals surface area contributed by atoms with E-state index >= 15 is 4.39 Å². The summed E-state index contributed by atoms with van der Waals surface area (Å²) in [5, 5.41) is 2.77. The molecule has 0 aliphatic carbocycles. The molecular formula is C38H31FN2O4. The maximum atomic E-state index is 15.6. The van der Waals surface area contributed by atoms with E-state index in [1.54, 1.807) is 42.5 Å². The number of rotatable bonds is 7. The second-order valence-electron chi connectivity index (χ2n) is 11.1. The highest BCUT2D eigenvalue weighted by molar-refractivity contribution is 6.04. The molecular weight excluding hydrogens is 567 g/mol. The van der Waals surface area contributed by atoms with Crippen molar-refractivity contribution in [2.45, 2.75) is 17.4 Å². The molecule has 0 aromatic heterocycles. The lowest BCUT2D eigenvalue weighted by Crippen LogP contribution is -2.49. The highest BCUT2D eigenvalue weighted by atomic mass is 19.1. The first-order valence-electron chi connectivity index (χ1n) is 14.9. The van der Waals surface area contributed by atoms with E-state index in [0.717, 1.165) is 16.7 Å². The smallest absolute Gasteiger partial charge is 0.292 e. The van der Waals surface area contributed by atoms with E-state index in [-0.39, 0.29) is 25.1 Å². The Morgan fingerprint density at radius 2 is 1.27 bits per heavy atom. The zero-order valence-electron chi connectivity index (χ0n) is 24.4. The van der Waals surface area contributed by atoms with Crippen molar-refractivity contribution >= 4 is 11.9 Å². The predicted molar refractivity (Wildman–Crippen MR) is 169 cm³/mol. The zero-order valence-corrected chi connectivity index (χ0v) is 24.4. The van der Waals surface area contributed by atoms with Gasteiger partial charge in [-0.3, -0.25) is 10.1 Å². The van der Waals surface area contributed by atoms with Crippen LogP contribution in [-0.4, -0.2) is 31.4 Å². The fraction of sp³-hybridized carbons (Fsp3) is 0.158. The van der Waals surface area contributed by atoms with E-state index in [4.69, 9.17) is 19.2 Å². The van der Waals surface area contributed by atoms with Crippen molar-refractivity contribution in [2.24, 2.45) is 10.9 Å². The number of benzene rings is 5. The molecule has 45 heavy (non-hydrogen) atoms. The summed E-state index contributed by atoms with van der Waals surface area (Å²) in [5.41, 5.74) is 1.23. The van der Waals surface area contributed by atoms with Gasteiger partial charge in [0.1, 0.15) is 23.6 Å². The third-order valence-corrected chi connectivity index (χ3v) is 8.54. The van der Waals surface area contributed by atoms with Crippen molar-refractivity contribution in [3.63, 3.8) is 0 Å². The molecule has 0 radical (unpaired) electrons. The van der Waals surface area contributed by atoms with Crippen LogP contribution in [-0.2, 0) is 25.4 Å². The lowest BCUT2D eigenvalue weighted by molar-refractivity contribution is -0.187. The molecule has 0 bridgehead atoms. The number of halogens is 1. The van der Waals surface area contributed by atoms with Crippen LogP contribution in [0.15, 0.2) is 151 Å². The van der Waals surface area contributed by atoms with Crippen LogP contribution in [0.2, 0.25) is 0 Å². The van der Waals surface area contributed by atoms with Crippen LogP contribution in [0.3, 0.4) is 0 Å². The minimum absolute atomic E-state index is 0.00745.